The number of nitrogens with zero attached hydrogens (tertiary/aromatic N) is 1. The average Bonchev–Trinajstić information content (AvgIpc) is 2.76. The van der Waals surface area contributed by atoms with Crippen LogP contribution in [0.15, 0.2) is 48.5 Å². The van der Waals surface area contributed by atoms with Gasteiger partial charge in [-0.3, -0.25) is 24.5 Å². The first-order chi connectivity index (χ1) is 14.3. The molecule has 0 spiro atoms. The number of carbonyl (C=O) groups excluding carboxylic acids is 4. The Bertz CT molecular complexity index is 969. The fraction of sp³-hybridized carbons (Fsp3) is 0.200. The number of hydrogen-bond acceptors (Lipinski definition) is 8. The maximum Gasteiger partial charge on any atom is 0.337 e. The van der Waals surface area contributed by atoms with Crippen molar-refractivity contribution in [1.29, 1.82) is 0 Å². The highest BCUT2D eigenvalue weighted by atomic mass is 16.6. The minimum atomic E-state index is -0.759. The van der Waals surface area contributed by atoms with E-state index in [1.54, 1.807) is 0 Å². The minimum Gasteiger partial charge on any atom is -0.465 e. The van der Waals surface area contributed by atoms with Gasteiger partial charge in [0.05, 0.1) is 24.0 Å². The normalized spacial score (nSPS) is 10.0. The van der Waals surface area contributed by atoms with Crippen LogP contribution >= 0.6 is 0 Å². The summed E-state index contributed by atoms with van der Waals surface area (Å²) in [6, 6.07) is 11.1. The molecule has 0 aliphatic rings. The first-order valence-electron chi connectivity index (χ1n) is 8.71. The summed E-state index contributed by atoms with van der Waals surface area (Å²) < 4.78 is 9.40. The molecule has 0 fully saturated rings. The summed E-state index contributed by atoms with van der Waals surface area (Å²) in [5.41, 5.74) is 0.558. The number of ether oxygens (including phenoxy) is 2. The van der Waals surface area contributed by atoms with Crippen molar-refractivity contribution in [2.45, 2.75) is 12.8 Å². The van der Waals surface area contributed by atoms with E-state index in [1.807, 2.05) is 0 Å². The number of methoxy groups -OCH3 is 1. The zero-order valence-electron chi connectivity index (χ0n) is 16.0. The Kier molecular flexibility index (Phi) is 7.74. The molecule has 0 saturated carbocycles. The highest BCUT2D eigenvalue weighted by Gasteiger charge is 2.15. The van der Waals surface area contributed by atoms with Crippen LogP contribution in [0.5, 0.6) is 0 Å². The van der Waals surface area contributed by atoms with E-state index < -0.39 is 35.2 Å². The summed E-state index contributed by atoms with van der Waals surface area (Å²) in [5, 5.41) is 13.3. The van der Waals surface area contributed by atoms with Gasteiger partial charge in [0.2, 0.25) is 11.7 Å². The number of amides is 1. The number of Topliss-reactive ketones (excluding diaryl/α,β-unsaturated/α-hetero) is 1. The number of nitro benzene ring substituents is 1. The van der Waals surface area contributed by atoms with Crippen molar-refractivity contribution in [3.05, 3.63) is 69.8 Å². The van der Waals surface area contributed by atoms with Crippen molar-refractivity contribution in [1.82, 2.24) is 0 Å². The lowest BCUT2D eigenvalue weighted by Crippen LogP contribution is -2.17. The summed E-state index contributed by atoms with van der Waals surface area (Å²) in [7, 11) is 1.26. The number of anilines is 1. The maximum absolute atomic E-state index is 12.0. The lowest BCUT2D eigenvalue weighted by Gasteiger charge is -2.07. The molecule has 0 aliphatic heterocycles. The molecule has 10 heteroatoms. The number of ketones is 1. The quantitative estimate of drug-likeness (QED) is 0.285. The van der Waals surface area contributed by atoms with Crippen LogP contribution < -0.4 is 5.32 Å². The molecule has 2 aromatic carbocycles. The summed E-state index contributed by atoms with van der Waals surface area (Å²) in [4.78, 5) is 57.1. The second-order valence-corrected chi connectivity index (χ2v) is 6.01. The Morgan fingerprint density at radius 3 is 2.33 bits per heavy atom. The Morgan fingerprint density at radius 1 is 1.00 bits per heavy atom. The zero-order chi connectivity index (χ0) is 22.1. The molecule has 2 rings (SSSR count). The topological polar surface area (TPSA) is 142 Å². The molecule has 0 saturated heterocycles. The Morgan fingerprint density at radius 2 is 1.70 bits per heavy atom. The van der Waals surface area contributed by atoms with Gasteiger partial charge in [0.25, 0.3) is 5.69 Å². The molecule has 0 atom stereocenters. The van der Waals surface area contributed by atoms with Gasteiger partial charge >= 0.3 is 11.9 Å². The molecule has 1 N–H and O–H groups in total. The van der Waals surface area contributed by atoms with Crippen LogP contribution in [-0.2, 0) is 19.1 Å². The van der Waals surface area contributed by atoms with Crippen LogP contribution in [0.3, 0.4) is 0 Å². The van der Waals surface area contributed by atoms with Crippen molar-refractivity contribution >= 4 is 35.0 Å². The molecule has 0 aliphatic carbocycles. The minimum absolute atomic E-state index is 0.0464. The molecule has 0 unspecified atom stereocenters. The number of nitro groups is 1. The number of non-ortho nitro benzene ring substituents is 1. The maximum atomic E-state index is 12.0. The zero-order valence-corrected chi connectivity index (χ0v) is 16.0. The fourth-order valence-corrected chi connectivity index (χ4v) is 2.34. The van der Waals surface area contributed by atoms with E-state index in [0.717, 1.165) is 6.07 Å². The van der Waals surface area contributed by atoms with Crippen molar-refractivity contribution in [3.8, 4) is 0 Å². The second-order valence-electron chi connectivity index (χ2n) is 6.01. The van der Waals surface area contributed by atoms with E-state index in [2.05, 4.69) is 10.1 Å². The number of rotatable bonds is 9. The Balaban J connectivity index is 1.76. The summed E-state index contributed by atoms with van der Waals surface area (Å²) in [5.74, 6) is -2.31. The van der Waals surface area contributed by atoms with Crippen molar-refractivity contribution < 1.29 is 33.6 Å². The number of hydrogen-bond donors (Lipinski definition) is 1. The number of benzene rings is 2. The third-order valence-corrected chi connectivity index (χ3v) is 3.89. The Labute approximate surface area is 170 Å². The van der Waals surface area contributed by atoms with Crippen LogP contribution in [0.25, 0.3) is 0 Å². The highest BCUT2D eigenvalue weighted by Crippen LogP contribution is 2.14. The van der Waals surface area contributed by atoms with Gasteiger partial charge < -0.3 is 14.8 Å². The molecule has 2 aromatic rings. The van der Waals surface area contributed by atoms with Crippen LogP contribution in [-0.4, -0.2) is 42.3 Å². The van der Waals surface area contributed by atoms with Gasteiger partial charge in [-0.15, -0.1) is 0 Å². The predicted octanol–water partition coefficient (Wildman–Crippen LogP) is 2.53. The third kappa shape index (κ3) is 6.51. The van der Waals surface area contributed by atoms with Gasteiger partial charge in [-0.2, -0.15) is 0 Å². The van der Waals surface area contributed by atoms with Crippen LogP contribution in [0.4, 0.5) is 11.4 Å². The SMILES string of the molecule is COC(=O)c1ccc(NC(=O)CCC(=O)OCC(=O)c2cccc([N+](=O)[O-])c2)cc1. The average molecular weight is 414 g/mol. The molecule has 156 valence electrons. The predicted molar refractivity (Wildman–Crippen MR) is 104 cm³/mol. The largest absolute Gasteiger partial charge is 0.465 e. The van der Waals surface area contributed by atoms with Crippen LogP contribution in [0.1, 0.15) is 33.6 Å². The Hall–Kier alpha value is -4.08. The van der Waals surface area contributed by atoms with E-state index in [0.29, 0.717) is 11.3 Å². The molecular weight excluding hydrogens is 396 g/mol. The molecule has 0 bridgehead atoms. The molecule has 0 heterocycles. The smallest absolute Gasteiger partial charge is 0.337 e. The molecule has 30 heavy (non-hydrogen) atoms. The molecule has 1 amide bonds. The molecule has 10 nitrogen and oxygen atoms in total. The van der Waals surface area contributed by atoms with E-state index in [9.17, 15) is 29.3 Å². The fourth-order valence-electron chi connectivity index (χ4n) is 2.34. The van der Waals surface area contributed by atoms with E-state index >= 15 is 0 Å². The van der Waals surface area contributed by atoms with Crippen molar-refractivity contribution in [2.24, 2.45) is 0 Å². The lowest BCUT2D eigenvalue weighted by atomic mass is 10.1. The number of nitrogens with one attached hydrogen (secondary N) is 1. The molecular formula is C20H18N2O8. The molecule has 0 radical (unpaired) electrons. The number of carbonyl (C=O) groups is 4. The van der Waals surface area contributed by atoms with Gasteiger partial charge in [0.15, 0.2) is 6.61 Å². The van der Waals surface area contributed by atoms with E-state index in [1.165, 1.54) is 49.6 Å². The highest BCUT2D eigenvalue weighted by molar-refractivity contribution is 5.99. The van der Waals surface area contributed by atoms with Gasteiger partial charge in [-0.05, 0) is 24.3 Å². The van der Waals surface area contributed by atoms with Gasteiger partial charge in [-0.1, -0.05) is 12.1 Å². The summed E-state index contributed by atoms with van der Waals surface area (Å²) in [6.45, 7) is -0.587. The van der Waals surface area contributed by atoms with Gasteiger partial charge in [-0.25, -0.2) is 4.79 Å². The van der Waals surface area contributed by atoms with Gasteiger partial charge in [0.1, 0.15) is 0 Å². The molecule has 0 aromatic heterocycles. The van der Waals surface area contributed by atoms with Crippen molar-refractivity contribution in [3.63, 3.8) is 0 Å². The van der Waals surface area contributed by atoms with E-state index in [4.69, 9.17) is 4.74 Å². The monoisotopic (exact) mass is 414 g/mol. The second kappa shape index (κ2) is 10.5. The van der Waals surface area contributed by atoms with Gasteiger partial charge in [0, 0.05) is 29.8 Å². The van der Waals surface area contributed by atoms with E-state index in [-0.39, 0.29) is 24.1 Å². The lowest BCUT2D eigenvalue weighted by molar-refractivity contribution is -0.384. The summed E-state index contributed by atoms with van der Waals surface area (Å²) in [6.07, 6.45) is -0.434. The van der Waals surface area contributed by atoms with Crippen LogP contribution in [0, 0.1) is 10.1 Å². The standard InChI is InChI=1S/C20H18N2O8/c1-29-20(26)13-5-7-15(8-6-13)21-18(24)9-10-19(25)30-12-17(23)14-3-2-4-16(11-14)22(27)28/h2-8,11H,9-10,12H2,1H3,(H,21,24). The summed E-state index contributed by atoms with van der Waals surface area (Å²) >= 11 is 0. The third-order valence-electron chi connectivity index (χ3n) is 3.89. The first kappa shape index (κ1) is 22.2. The number of esters is 2. The first-order valence-corrected chi connectivity index (χ1v) is 8.71. The van der Waals surface area contributed by atoms with Crippen molar-refractivity contribution in [2.75, 3.05) is 19.0 Å². The van der Waals surface area contributed by atoms with Crippen LogP contribution in [0.2, 0.25) is 0 Å².